The zero-order valence-electron chi connectivity index (χ0n) is 11.0. The van der Waals surface area contributed by atoms with Crippen molar-refractivity contribution >= 4 is 6.09 Å². The molecule has 1 aliphatic heterocycles. The summed E-state index contributed by atoms with van der Waals surface area (Å²) >= 11 is 0. The summed E-state index contributed by atoms with van der Waals surface area (Å²) in [6.45, 7) is 10.5. The van der Waals surface area contributed by atoms with Gasteiger partial charge in [0.1, 0.15) is 5.60 Å². The first kappa shape index (κ1) is 13.3. The first-order valence-corrected chi connectivity index (χ1v) is 5.97. The topological polar surface area (TPSA) is 55.6 Å². The quantitative estimate of drug-likeness (QED) is 0.746. The minimum absolute atomic E-state index is 0.0764. The van der Waals surface area contributed by atoms with E-state index in [2.05, 4.69) is 13.8 Å². The van der Waals surface area contributed by atoms with Gasteiger partial charge in [-0.2, -0.15) is 0 Å². The molecule has 0 aromatic carbocycles. The highest BCUT2D eigenvalue weighted by Gasteiger charge is 2.38. The highest BCUT2D eigenvalue weighted by atomic mass is 16.6. The maximum Gasteiger partial charge on any atom is 0.410 e. The van der Waals surface area contributed by atoms with Gasteiger partial charge in [0, 0.05) is 12.6 Å². The Balaban J connectivity index is 2.69. The van der Waals surface area contributed by atoms with E-state index in [-0.39, 0.29) is 18.2 Å². The van der Waals surface area contributed by atoms with Crippen molar-refractivity contribution in [1.82, 2.24) is 4.90 Å². The molecule has 1 saturated heterocycles. The molecule has 0 bridgehead atoms. The van der Waals surface area contributed by atoms with E-state index in [0.717, 1.165) is 6.42 Å². The lowest BCUT2D eigenvalue weighted by Gasteiger charge is -2.32. The Morgan fingerprint density at radius 2 is 2.00 bits per heavy atom. The smallest absolute Gasteiger partial charge is 0.410 e. The van der Waals surface area contributed by atoms with Crippen LogP contribution in [0.15, 0.2) is 0 Å². The molecule has 0 aliphatic carbocycles. The average Bonchev–Trinajstić information content (AvgIpc) is 2.43. The number of rotatable bonds is 1. The number of nitrogens with two attached hydrogens (primary N) is 1. The molecule has 2 N–H and O–H groups in total. The monoisotopic (exact) mass is 228 g/mol. The second-order valence-corrected chi connectivity index (χ2v) is 5.86. The molecule has 0 unspecified atom stereocenters. The molecule has 0 spiro atoms. The molecule has 0 aromatic rings. The highest BCUT2D eigenvalue weighted by molar-refractivity contribution is 5.69. The Morgan fingerprint density at radius 1 is 1.44 bits per heavy atom. The fraction of sp³-hybridized carbons (Fsp3) is 0.917. The van der Waals surface area contributed by atoms with Crippen molar-refractivity contribution in [3.63, 3.8) is 0 Å². The molecule has 0 aromatic heterocycles. The van der Waals surface area contributed by atoms with Crippen molar-refractivity contribution in [1.29, 1.82) is 0 Å². The van der Waals surface area contributed by atoms with Gasteiger partial charge in [-0.3, -0.25) is 0 Å². The number of hydrogen-bond donors (Lipinski definition) is 1. The summed E-state index contributed by atoms with van der Waals surface area (Å²) in [5.41, 5.74) is 5.58. The van der Waals surface area contributed by atoms with Gasteiger partial charge in [0.25, 0.3) is 0 Å². The van der Waals surface area contributed by atoms with Gasteiger partial charge in [0.2, 0.25) is 0 Å². The minimum atomic E-state index is -0.439. The molecule has 4 nitrogen and oxygen atoms in total. The van der Waals surface area contributed by atoms with Crippen LogP contribution in [0.5, 0.6) is 0 Å². The number of carbonyl (C=O) groups excluding carboxylic acids is 1. The lowest BCUT2D eigenvalue weighted by molar-refractivity contribution is 0.0182. The Labute approximate surface area is 98.1 Å². The first-order valence-electron chi connectivity index (χ1n) is 5.97. The van der Waals surface area contributed by atoms with E-state index in [1.807, 2.05) is 20.8 Å². The molecule has 4 heteroatoms. The summed E-state index contributed by atoms with van der Waals surface area (Å²) in [6.07, 6.45) is 0.626. The minimum Gasteiger partial charge on any atom is -0.444 e. The van der Waals surface area contributed by atoms with E-state index in [9.17, 15) is 4.79 Å². The van der Waals surface area contributed by atoms with Crippen molar-refractivity contribution in [2.75, 3.05) is 6.54 Å². The number of amides is 1. The average molecular weight is 228 g/mol. The molecule has 16 heavy (non-hydrogen) atoms. The summed E-state index contributed by atoms with van der Waals surface area (Å²) in [4.78, 5) is 13.7. The molecule has 0 radical (unpaired) electrons. The lowest BCUT2D eigenvalue weighted by Crippen LogP contribution is -2.47. The van der Waals surface area contributed by atoms with Crippen molar-refractivity contribution in [3.05, 3.63) is 0 Å². The molecule has 94 valence electrons. The molecular weight excluding hydrogens is 204 g/mol. The second kappa shape index (κ2) is 4.62. The standard InChI is InChI=1S/C12H24N2O2/c1-8(2)10-9(13)6-7-14(10)11(15)16-12(3,4)5/h8-10H,6-7,13H2,1-5H3/t9-,10+/m0/s1. The van der Waals surface area contributed by atoms with Gasteiger partial charge in [-0.15, -0.1) is 0 Å². The van der Waals surface area contributed by atoms with Crippen LogP contribution in [-0.4, -0.2) is 35.2 Å². The number of nitrogens with zero attached hydrogens (tertiary/aromatic N) is 1. The van der Waals surface area contributed by atoms with E-state index >= 15 is 0 Å². The SMILES string of the molecule is CC(C)[C@@H]1[C@@H](N)CCN1C(=O)OC(C)(C)C. The molecule has 1 rings (SSSR count). The predicted octanol–water partition coefficient (Wildman–Crippen LogP) is 1.98. The summed E-state index contributed by atoms with van der Waals surface area (Å²) in [6, 6.07) is 0.183. The molecule has 1 aliphatic rings. The Bertz CT molecular complexity index is 258. The molecule has 1 heterocycles. The third-order valence-electron chi connectivity index (χ3n) is 2.81. The number of hydrogen-bond acceptors (Lipinski definition) is 3. The van der Waals surface area contributed by atoms with Crippen LogP contribution in [0, 0.1) is 5.92 Å². The molecule has 2 atom stereocenters. The maximum atomic E-state index is 12.0. The van der Waals surface area contributed by atoms with Crippen molar-refractivity contribution in [2.45, 2.75) is 58.7 Å². The van der Waals surface area contributed by atoms with Crippen LogP contribution >= 0.6 is 0 Å². The maximum absolute atomic E-state index is 12.0. The third-order valence-corrected chi connectivity index (χ3v) is 2.81. The van der Waals surface area contributed by atoms with Crippen LogP contribution < -0.4 is 5.73 Å². The normalized spacial score (nSPS) is 26.3. The highest BCUT2D eigenvalue weighted by Crippen LogP contribution is 2.25. The van der Waals surface area contributed by atoms with E-state index in [4.69, 9.17) is 10.5 Å². The van der Waals surface area contributed by atoms with Crippen LogP contribution in [-0.2, 0) is 4.74 Å². The van der Waals surface area contributed by atoms with E-state index in [0.29, 0.717) is 12.5 Å². The zero-order valence-corrected chi connectivity index (χ0v) is 11.0. The molecule has 1 fully saturated rings. The van der Waals surface area contributed by atoms with Gasteiger partial charge in [-0.1, -0.05) is 13.8 Å². The largest absolute Gasteiger partial charge is 0.444 e. The number of carbonyl (C=O) groups is 1. The van der Waals surface area contributed by atoms with Crippen LogP contribution in [0.3, 0.4) is 0 Å². The van der Waals surface area contributed by atoms with E-state index < -0.39 is 5.60 Å². The summed E-state index contributed by atoms with van der Waals surface area (Å²) < 4.78 is 5.38. The third kappa shape index (κ3) is 3.11. The predicted molar refractivity (Wildman–Crippen MR) is 64.2 cm³/mol. The van der Waals surface area contributed by atoms with E-state index in [1.165, 1.54) is 0 Å². The van der Waals surface area contributed by atoms with Crippen LogP contribution in [0.1, 0.15) is 41.0 Å². The molecule has 0 saturated carbocycles. The van der Waals surface area contributed by atoms with Gasteiger partial charge in [0.05, 0.1) is 6.04 Å². The van der Waals surface area contributed by atoms with Crippen molar-refractivity contribution < 1.29 is 9.53 Å². The van der Waals surface area contributed by atoms with Gasteiger partial charge >= 0.3 is 6.09 Å². The lowest BCUT2D eigenvalue weighted by atomic mass is 9.98. The molecule has 1 amide bonds. The van der Waals surface area contributed by atoms with Crippen molar-refractivity contribution in [2.24, 2.45) is 11.7 Å². The Hall–Kier alpha value is -0.770. The zero-order chi connectivity index (χ0) is 12.5. The van der Waals surface area contributed by atoms with Gasteiger partial charge in [0.15, 0.2) is 0 Å². The first-order chi connectivity index (χ1) is 7.22. The fourth-order valence-electron chi connectivity index (χ4n) is 2.23. The summed E-state index contributed by atoms with van der Waals surface area (Å²) in [5, 5.41) is 0. The van der Waals surface area contributed by atoms with Gasteiger partial charge < -0.3 is 15.4 Å². The summed E-state index contributed by atoms with van der Waals surface area (Å²) in [5.74, 6) is 0.366. The number of likely N-dealkylation sites (tertiary alicyclic amines) is 1. The van der Waals surface area contributed by atoms with Crippen LogP contribution in [0.4, 0.5) is 4.79 Å². The van der Waals surface area contributed by atoms with Crippen LogP contribution in [0.25, 0.3) is 0 Å². The summed E-state index contributed by atoms with van der Waals surface area (Å²) in [7, 11) is 0. The van der Waals surface area contributed by atoms with Gasteiger partial charge in [-0.05, 0) is 33.1 Å². The van der Waals surface area contributed by atoms with Gasteiger partial charge in [-0.25, -0.2) is 4.79 Å². The molecular formula is C12H24N2O2. The Morgan fingerprint density at radius 3 is 2.44 bits per heavy atom. The fourth-order valence-corrected chi connectivity index (χ4v) is 2.23. The Kier molecular flexibility index (Phi) is 3.84. The van der Waals surface area contributed by atoms with Crippen LogP contribution in [0.2, 0.25) is 0 Å². The number of ether oxygens (including phenoxy) is 1. The van der Waals surface area contributed by atoms with E-state index in [1.54, 1.807) is 4.90 Å². The second-order valence-electron chi connectivity index (χ2n) is 5.86. The van der Waals surface area contributed by atoms with Crippen molar-refractivity contribution in [3.8, 4) is 0 Å².